The Bertz CT molecular complexity index is 168. The number of rotatable bonds is 4. The van der Waals surface area contributed by atoms with Crippen molar-refractivity contribution in [2.75, 3.05) is 0 Å². The SMILES string of the molecule is CC(=O)C(C=O)(C=O)C=O.[Pd].[Pd]. The monoisotopic (exact) mass is 354 g/mol. The van der Waals surface area contributed by atoms with Crippen LogP contribution in [0.5, 0.6) is 0 Å². The summed E-state index contributed by atoms with van der Waals surface area (Å²) in [6, 6.07) is 0. The Kier molecular flexibility index (Phi) is 11.4. The molecule has 0 aliphatic rings. The Morgan fingerprint density at radius 1 is 1.00 bits per heavy atom. The third-order valence-electron chi connectivity index (χ3n) is 1.19. The summed E-state index contributed by atoms with van der Waals surface area (Å²) in [5.41, 5.74) is -2.06. The van der Waals surface area contributed by atoms with Gasteiger partial charge in [0.2, 0.25) is 0 Å². The maximum absolute atomic E-state index is 10.5. The molecule has 74 valence electrons. The van der Waals surface area contributed by atoms with E-state index in [1.165, 1.54) is 0 Å². The minimum absolute atomic E-state index is 0. The van der Waals surface area contributed by atoms with Crippen molar-refractivity contribution < 1.29 is 60.0 Å². The molecule has 0 atom stereocenters. The number of carbonyl (C=O) groups excluding carboxylic acids is 4. The van der Waals surface area contributed by atoms with Gasteiger partial charge < -0.3 is 14.4 Å². The molecule has 0 aliphatic carbocycles. The number of carbonyl (C=O) groups is 4. The van der Waals surface area contributed by atoms with E-state index in [2.05, 4.69) is 0 Å². The molecule has 0 N–H and O–H groups in total. The molecule has 0 unspecified atom stereocenters. The van der Waals surface area contributed by atoms with Crippen LogP contribution in [0.25, 0.3) is 0 Å². The summed E-state index contributed by atoms with van der Waals surface area (Å²) >= 11 is 0. The van der Waals surface area contributed by atoms with Gasteiger partial charge in [0.15, 0.2) is 11.2 Å². The molecule has 0 saturated carbocycles. The number of aldehydes is 3. The maximum Gasteiger partial charge on any atom is 0.194 e. The molecule has 0 rings (SSSR count). The van der Waals surface area contributed by atoms with Gasteiger partial charge in [-0.2, -0.15) is 0 Å². The molecule has 0 amide bonds. The molecule has 6 heteroatoms. The summed E-state index contributed by atoms with van der Waals surface area (Å²) in [5, 5.41) is 0. The fourth-order valence-electron chi connectivity index (χ4n) is 0.332. The van der Waals surface area contributed by atoms with E-state index in [4.69, 9.17) is 0 Å². The van der Waals surface area contributed by atoms with E-state index >= 15 is 0 Å². The molecule has 0 aromatic rings. The van der Waals surface area contributed by atoms with Gasteiger partial charge in [0.1, 0.15) is 18.9 Å². The smallest absolute Gasteiger partial charge is 0.194 e. The molecule has 0 bridgehead atoms. The topological polar surface area (TPSA) is 68.3 Å². The normalized spacial score (nSPS) is 8.42. The van der Waals surface area contributed by atoms with Crippen LogP contribution in [-0.2, 0) is 60.0 Å². The average molecular weight is 355 g/mol. The zero-order chi connectivity index (χ0) is 8.20. The average Bonchev–Trinajstić information content (AvgIpc) is 1.92. The van der Waals surface area contributed by atoms with E-state index in [-0.39, 0.29) is 59.7 Å². The van der Waals surface area contributed by atoms with Crippen molar-refractivity contribution in [1.82, 2.24) is 0 Å². The second kappa shape index (κ2) is 7.64. The van der Waals surface area contributed by atoms with Crippen LogP contribution in [0.1, 0.15) is 6.92 Å². The van der Waals surface area contributed by atoms with Crippen LogP contribution in [0, 0.1) is 5.41 Å². The van der Waals surface area contributed by atoms with E-state index in [9.17, 15) is 19.2 Å². The summed E-state index contributed by atoms with van der Waals surface area (Å²) in [6.45, 7) is 1.01. The van der Waals surface area contributed by atoms with E-state index in [1.54, 1.807) is 0 Å². The minimum Gasteiger partial charge on any atom is -0.301 e. The van der Waals surface area contributed by atoms with Crippen LogP contribution in [0.3, 0.4) is 0 Å². The number of hydrogen-bond donors (Lipinski definition) is 0. The minimum atomic E-state index is -2.06. The van der Waals surface area contributed by atoms with Gasteiger partial charge in [-0.1, -0.05) is 0 Å². The van der Waals surface area contributed by atoms with Crippen LogP contribution in [-0.4, -0.2) is 24.6 Å². The number of Topliss-reactive ketones (excluding diaryl/α,β-unsaturated/α-hetero) is 1. The van der Waals surface area contributed by atoms with Crippen molar-refractivity contribution in [2.24, 2.45) is 5.41 Å². The second-order valence-electron chi connectivity index (χ2n) is 1.84. The van der Waals surface area contributed by atoms with Crippen molar-refractivity contribution in [3.05, 3.63) is 0 Å². The van der Waals surface area contributed by atoms with Crippen LogP contribution in [0.4, 0.5) is 0 Å². The first-order valence-corrected chi connectivity index (χ1v) is 2.53. The molecule has 0 spiro atoms. The molecule has 0 fully saturated rings. The predicted molar refractivity (Wildman–Crippen MR) is 31.3 cm³/mol. The Morgan fingerprint density at radius 2 is 1.25 bits per heavy atom. The zero-order valence-electron chi connectivity index (χ0n) is 6.00. The first-order chi connectivity index (χ1) is 4.63. The predicted octanol–water partition coefficient (Wildman–Crippen LogP) is -0.847. The molecule has 0 saturated heterocycles. The molecule has 4 nitrogen and oxygen atoms in total. The first-order valence-electron chi connectivity index (χ1n) is 2.53. The largest absolute Gasteiger partial charge is 0.301 e. The Balaban J connectivity index is -0.000000405. The summed E-state index contributed by atoms with van der Waals surface area (Å²) in [4.78, 5) is 40.6. The first kappa shape index (κ1) is 17.9. The summed E-state index contributed by atoms with van der Waals surface area (Å²) < 4.78 is 0. The Hall–Kier alpha value is 0.00468. The van der Waals surface area contributed by atoms with E-state index in [0.717, 1.165) is 6.92 Å². The molecular formula is C6H6O4Pd2. The van der Waals surface area contributed by atoms with Crippen LogP contribution in [0.2, 0.25) is 0 Å². The van der Waals surface area contributed by atoms with Gasteiger partial charge in [0.25, 0.3) is 0 Å². The Labute approximate surface area is 96.8 Å². The summed E-state index contributed by atoms with van der Waals surface area (Å²) in [6.07, 6.45) is 0.111. The van der Waals surface area contributed by atoms with Gasteiger partial charge in [0.05, 0.1) is 0 Å². The van der Waals surface area contributed by atoms with E-state index in [0.29, 0.717) is 0 Å². The molecule has 0 radical (unpaired) electrons. The van der Waals surface area contributed by atoms with Crippen molar-refractivity contribution in [1.29, 1.82) is 0 Å². The van der Waals surface area contributed by atoms with Gasteiger partial charge in [-0.25, -0.2) is 0 Å². The number of ketones is 1. The van der Waals surface area contributed by atoms with Crippen molar-refractivity contribution >= 4 is 24.6 Å². The third-order valence-corrected chi connectivity index (χ3v) is 1.19. The standard InChI is InChI=1S/C6H6O4.2Pd/c1-5(10)6(2-7,3-8)4-9;;/h2-4H,1H3;;. The second-order valence-corrected chi connectivity index (χ2v) is 1.84. The molecule has 0 heterocycles. The van der Waals surface area contributed by atoms with Crippen molar-refractivity contribution in [3.8, 4) is 0 Å². The fraction of sp³-hybridized carbons (Fsp3) is 0.333. The van der Waals surface area contributed by atoms with Crippen LogP contribution >= 0.6 is 0 Å². The third kappa shape index (κ3) is 3.60. The Morgan fingerprint density at radius 3 is 1.25 bits per heavy atom. The summed E-state index contributed by atoms with van der Waals surface area (Å²) in [5.74, 6) is -0.757. The zero-order valence-corrected chi connectivity index (χ0v) is 9.11. The van der Waals surface area contributed by atoms with E-state index < -0.39 is 11.2 Å². The van der Waals surface area contributed by atoms with Crippen LogP contribution < -0.4 is 0 Å². The number of hydrogen-bond acceptors (Lipinski definition) is 4. The molecule has 0 aromatic heterocycles. The van der Waals surface area contributed by atoms with Crippen LogP contribution in [0.15, 0.2) is 0 Å². The molecule has 12 heavy (non-hydrogen) atoms. The van der Waals surface area contributed by atoms with E-state index in [1.807, 2.05) is 0 Å². The van der Waals surface area contributed by atoms with Crippen molar-refractivity contribution in [3.63, 3.8) is 0 Å². The van der Waals surface area contributed by atoms with Gasteiger partial charge >= 0.3 is 0 Å². The van der Waals surface area contributed by atoms with Gasteiger partial charge in [-0.05, 0) is 6.92 Å². The summed E-state index contributed by atoms with van der Waals surface area (Å²) in [7, 11) is 0. The van der Waals surface area contributed by atoms with Gasteiger partial charge in [0, 0.05) is 40.8 Å². The van der Waals surface area contributed by atoms with Gasteiger partial charge in [-0.15, -0.1) is 0 Å². The quantitative estimate of drug-likeness (QED) is 0.375. The van der Waals surface area contributed by atoms with Gasteiger partial charge in [-0.3, -0.25) is 4.79 Å². The fourth-order valence-corrected chi connectivity index (χ4v) is 0.332. The maximum atomic E-state index is 10.5. The molecular weight excluding hydrogens is 349 g/mol. The van der Waals surface area contributed by atoms with Crippen molar-refractivity contribution in [2.45, 2.75) is 6.92 Å². The molecule has 0 aliphatic heterocycles. The molecule has 0 aromatic carbocycles.